The lowest BCUT2D eigenvalue weighted by Gasteiger charge is -2.14. The summed E-state index contributed by atoms with van der Waals surface area (Å²) in [5.41, 5.74) is 1.40. The lowest BCUT2D eigenvalue weighted by atomic mass is 10.1. The standard InChI is InChI=1S/C21H17N3O4/c25-18(13-24-20(26)15-7-1-2-8-16(15)21(24)27)22-11-12-28-17-9-3-5-14-6-4-10-23-19(14)17/h1-10H,11-13H2,(H,22,25). The van der Waals surface area contributed by atoms with E-state index in [2.05, 4.69) is 10.3 Å². The summed E-state index contributed by atoms with van der Waals surface area (Å²) in [7, 11) is 0. The molecule has 7 heteroatoms. The van der Waals surface area contributed by atoms with E-state index in [1.165, 1.54) is 0 Å². The van der Waals surface area contributed by atoms with E-state index in [0.29, 0.717) is 16.9 Å². The van der Waals surface area contributed by atoms with Crippen LogP contribution in [-0.2, 0) is 4.79 Å². The fourth-order valence-corrected chi connectivity index (χ4v) is 3.13. The molecule has 0 unspecified atom stereocenters. The molecule has 3 aromatic rings. The van der Waals surface area contributed by atoms with E-state index in [1.807, 2.05) is 30.3 Å². The van der Waals surface area contributed by atoms with Gasteiger partial charge in [-0.25, -0.2) is 0 Å². The fraction of sp³-hybridized carbons (Fsp3) is 0.143. The first kappa shape index (κ1) is 17.7. The molecule has 0 spiro atoms. The summed E-state index contributed by atoms with van der Waals surface area (Å²) in [6.07, 6.45) is 1.69. The number of para-hydroxylation sites is 1. The normalized spacial score (nSPS) is 12.9. The maximum absolute atomic E-state index is 12.3. The summed E-state index contributed by atoms with van der Waals surface area (Å²) in [5.74, 6) is -0.690. The fourth-order valence-electron chi connectivity index (χ4n) is 3.13. The van der Waals surface area contributed by atoms with Crippen LogP contribution in [0.15, 0.2) is 60.8 Å². The highest BCUT2D eigenvalue weighted by molar-refractivity contribution is 6.22. The number of rotatable bonds is 6. The van der Waals surface area contributed by atoms with Crippen LogP contribution in [0.5, 0.6) is 5.75 Å². The zero-order valence-corrected chi connectivity index (χ0v) is 14.9. The van der Waals surface area contributed by atoms with E-state index in [-0.39, 0.29) is 19.7 Å². The molecule has 1 aliphatic heterocycles. The molecule has 4 rings (SSSR count). The smallest absolute Gasteiger partial charge is 0.262 e. The van der Waals surface area contributed by atoms with Crippen molar-refractivity contribution in [2.75, 3.05) is 19.7 Å². The number of carbonyl (C=O) groups is 3. The average Bonchev–Trinajstić information content (AvgIpc) is 2.96. The summed E-state index contributed by atoms with van der Waals surface area (Å²) in [6, 6.07) is 16.0. The molecule has 7 nitrogen and oxygen atoms in total. The number of hydrogen-bond donors (Lipinski definition) is 1. The van der Waals surface area contributed by atoms with E-state index in [4.69, 9.17) is 4.74 Å². The van der Waals surface area contributed by atoms with Crippen molar-refractivity contribution in [3.8, 4) is 5.75 Å². The van der Waals surface area contributed by atoms with Gasteiger partial charge in [-0.1, -0.05) is 30.3 Å². The highest BCUT2D eigenvalue weighted by Gasteiger charge is 2.36. The number of aromatic nitrogens is 1. The van der Waals surface area contributed by atoms with Crippen molar-refractivity contribution in [3.05, 3.63) is 71.9 Å². The molecule has 0 atom stereocenters. The number of fused-ring (bicyclic) bond motifs is 2. The second-order valence-corrected chi connectivity index (χ2v) is 6.27. The Hall–Kier alpha value is -3.74. The van der Waals surface area contributed by atoms with Crippen LogP contribution in [0.2, 0.25) is 0 Å². The molecule has 2 heterocycles. The molecular weight excluding hydrogens is 358 g/mol. The Bertz CT molecular complexity index is 1040. The van der Waals surface area contributed by atoms with Gasteiger partial charge in [-0.3, -0.25) is 24.3 Å². The van der Waals surface area contributed by atoms with Crippen LogP contribution in [-0.4, -0.2) is 47.3 Å². The first-order valence-electron chi connectivity index (χ1n) is 8.83. The van der Waals surface area contributed by atoms with Crippen LogP contribution in [0.3, 0.4) is 0 Å². The molecule has 140 valence electrons. The van der Waals surface area contributed by atoms with Gasteiger partial charge in [-0.05, 0) is 24.3 Å². The number of hydrogen-bond acceptors (Lipinski definition) is 5. The lowest BCUT2D eigenvalue weighted by molar-refractivity contribution is -0.121. The Morgan fingerprint density at radius 1 is 0.964 bits per heavy atom. The maximum Gasteiger partial charge on any atom is 0.262 e. The zero-order valence-electron chi connectivity index (χ0n) is 14.9. The minimum atomic E-state index is -0.450. The van der Waals surface area contributed by atoms with Gasteiger partial charge in [0.15, 0.2) is 0 Å². The lowest BCUT2D eigenvalue weighted by Crippen LogP contribution is -2.41. The Morgan fingerprint density at radius 2 is 1.68 bits per heavy atom. The number of pyridine rings is 1. The third-order valence-electron chi connectivity index (χ3n) is 4.46. The minimum Gasteiger partial charge on any atom is -0.489 e. The second kappa shape index (κ2) is 7.48. The van der Waals surface area contributed by atoms with E-state index in [0.717, 1.165) is 15.8 Å². The molecule has 2 aromatic carbocycles. The molecule has 0 aliphatic carbocycles. The number of benzene rings is 2. The van der Waals surface area contributed by atoms with Crippen LogP contribution < -0.4 is 10.1 Å². The Morgan fingerprint density at radius 3 is 2.43 bits per heavy atom. The molecule has 1 N–H and O–H groups in total. The number of amides is 3. The molecular formula is C21H17N3O4. The highest BCUT2D eigenvalue weighted by atomic mass is 16.5. The van der Waals surface area contributed by atoms with Crippen molar-refractivity contribution < 1.29 is 19.1 Å². The Labute approximate surface area is 160 Å². The molecule has 0 fully saturated rings. The van der Waals surface area contributed by atoms with Gasteiger partial charge < -0.3 is 10.1 Å². The van der Waals surface area contributed by atoms with Crippen LogP contribution in [0.25, 0.3) is 10.9 Å². The molecule has 1 aromatic heterocycles. The van der Waals surface area contributed by atoms with Crippen molar-refractivity contribution in [2.45, 2.75) is 0 Å². The summed E-state index contributed by atoms with van der Waals surface area (Å²) in [4.78, 5) is 42.0. The Kier molecular flexibility index (Phi) is 4.72. The van der Waals surface area contributed by atoms with Gasteiger partial charge >= 0.3 is 0 Å². The van der Waals surface area contributed by atoms with Crippen molar-refractivity contribution in [3.63, 3.8) is 0 Å². The number of ether oxygens (including phenoxy) is 1. The topological polar surface area (TPSA) is 88.6 Å². The van der Waals surface area contributed by atoms with Gasteiger partial charge in [0.2, 0.25) is 5.91 Å². The zero-order chi connectivity index (χ0) is 19.5. The van der Waals surface area contributed by atoms with Crippen LogP contribution >= 0.6 is 0 Å². The number of nitrogens with zero attached hydrogens (tertiary/aromatic N) is 2. The second-order valence-electron chi connectivity index (χ2n) is 6.27. The van der Waals surface area contributed by atoms with Crippen molar-refractivity contribution in [1.29, 1.82) is 0 Å². The van der Waals surface area contributed by atoms with E-state index in [9.17, 15) is 14.4 Å². The first-order chi connectivity index (χ1) is 13.6. The number of imide groups is 1. The first-order valence-corrected chi connectivity index (χ1v) is 8.83. The van der Waals surface area contributed by atoms with Gasteiger partial charge in [0.25, 0.3) is 11.8 Å². The summed E-state index contributed by atoms with van der Waals surface area (Å²) in [5, 5.41) is 3.63. The highest BCUT2D eigenvalue weighted by Crippen LogP contribution is 2.23. The monoisotopic (exact) mass is 375 g/mol. The number of nitrogens with one attached hydrogen (secondary N) is 1. The van der Waals surface area contributed by atoms with E-state index >= 15 is 0 Å². The quantitative estimate of drug-likeness (QED) is 0.526. The predicted molar refractivity (Wildman–Crippen MR) is 102 cm³/mol. The van der Waals surface area contributed by atoms with Crippen LogP contribution in [0, 0.1) is 0 Å². The van der Waals surface area contributed by atoms with Crippen LogP contribution in [0.1, 0.15) is 20.7 Å². The van der Waals surface area contributed by atoms with Gasteiger partial charge in [-0.2, -0.15) is 0 Å². The van der Waals surface area contributed by atoms with Gasteiger partial charge in [-0.15, -0.1) is 0 Å². The molecule has 0 bridgehead atoms. The average molecular weight is 375 g/mol. The maximum atomic E-state index is 12.3. The molecule has 0 saturated carbocycles. The largest absolute Gasteiger partial charge is 0.489 e. The molecule has 0 radical (unpaired) electrons. The molecule has 1 aliphatic rings. The molecule has 28 heavy (non-hydrogen) atoms. The van der Waals surface area contributed by atoms with Gasteiger partial charge in [0.1, 0.15) is 24.4 Å². The molecule has 0 saturated heterocycles. The van der Waals surface area contributed by atoms with Crippen molar-refractivity contribution in [1.82, 2.24) is 15.2 Å². The van der Waals surface area contributed by atoms with Gasteiger partial charge in [0, 0.05) is 11.6 Å². The van der Waals surface area contributed by atoms with Crippen LogP contribution in [0.4, 0.5) is 0 Å². The SMILES string of the molecule is O=C(CN1C(=O)c2ccccc2C1=O)NCCOc1cccc2cccnc12. The Balaban J connectivity index is 1.30. The molecule has 3 amide bonds. The third-order valence-corrected chi connectivity index (χ3v) is 4.46. The van der Waals surface area contributed by atoms with E-state index in [1.54, 1.807) is 30.5 Å². The summed E-state index contributed by atoms with van der Waals surface area (Å²) < 4.78 is 5.71. The summed E-state index contributed by atoms with van der Waals surface area (Å²) in [6.45, 7) is 0.164. The van der Waals surface area contributed by atoms with Gasteiger partial charge in [0.05, 0.1) is 17.7 Å². The minimum absolute atomic E-state index is 0.240. The third kappa shape index (κ3) is 3.29. The number of carbonyl (C=O) groups excluding carboxylic acids is 3. The summed E-state index contributed by atoms with van der Waals surface area (Å²) >= 11 is 0. The predicted octanol–water partition coefficient (Wildman–Crippen LogP) is 2.03. The van der Waals surface area contributed by atoms with Crippen molar-refractivity contribution >= 4 is 28.6 Å². The van der Waals surface area contributed by atoms with Crippen molar-refractivity contribution in [2.24, 2.45) is 0 Å². The van der Waals surface area contributed by atoms with E-state index < -0.39 is 17.7 Å².